The van der Waals surface area contributed by atoms with Crippen LogP contribution < -0.4 is 5.32 Å². The molecule has 1 heterocycles. The van der Waals surface area contributed by atoms with Gasteiger partial charge in [0.1, 0.15) is 11.5 Å². The number of oxazole rings is 1. The Labute approximate surface area is 116 Å². The fourth-order valence-electron chi connectivity index (χ4n) is 1.77. The Morgan fingerprint density at radius 2 is 2.21 bits per heavy atom. The third kappa shape index (κ3) is 3.55. The van der Waals surface area contributed by atoms with Gasteiger partial charge in [0.25, 0.3) is 0 Å². The lowest BCUT2D eigenvalue weighted by Crippen LogP contribution is -2.19. The van der Waals surface area contributed by atoms with Gasteiger partial charge in [-0.1, -0.05) is 25.4 Å². The first-order valence-corrected chi connectivity index (χ1v) is 6.54. The summed E-state index contributed by atoms with van der Waals surface area (Å²) < 4.78 is 19.1. The average molecular weight is 283 g/mol. The molecule has 102 valence electrons. The summed E-state index contributed by atoms with van der Waals surface area (Å²) in [5.41, 5.74) is 1.07. The maximum atomic E-state index is 13.9. The minimum Gasteiger partial charge on any atom is -0.443 e. The molecule has 2 aromatic rings. The van der Waals surface area contributed by atoms with Gasteiger partial charge in [0.15, 0.2) is 12.2 Å². The van der Waals surface area contributed by atoms with Crippen LogP contribution in [0.5, 0.6) is 0 Å². The zero-order valence-electron chi connectivity index (χ0n) is 10.9. The molecule has 0 aliphatic heterocycles. The van der Waals surface area contributed by atoms with Gasteiger partial charge < -0.3 is 9.73 Å². The molecule has 0 radical (unpaired) electrons. The molecule has 0 spiro atoms. The number of benzene rings is 1. The molecule has 0 bridgehead atoms. The van der Waals surface area contributed by atoms with Crippen LogP contribution in [0.1, 0.15) is 19.5 Å². The molecule has 1 N–H and O–H groups in total. The normalized spacial score (nSPS) is 11.2. The van der Waals surface area contributed by atoms with Crippen molar-refractivity contribution in [1.29, 1.82) is 0 Å². The highest BCUT2D eigenvalue weighted by Crippen LogP contribution is 2.27. The molecule has 0 atom stereocenters. The van der Waals surface area contributed by atoms with E-state index in [1.54, 1.807) is 12.1 Å². The standard InChI is InChI=1S/C14H16ClFN2O/c1-9(2)6-17-7-13-14(19-8-18-13)11-4-3-10(15)5-12(11)16/h3-5,8-9,17H,6-7H2,1-2H3. The molecule has 5 heteroatoms. The Hall–Kier alpha value is -1.39. The van der Waals surface area contributed by atoms with E-state index in [9.17, 15) is 4.39 Å². The molecule has 0 unspecified atom stereocenters. The van der Waals surface area contributed by atoms with Crippen molar-refractivity contribution in [3.8, 4) is 11.3 Å². The Bertz CT molecular complexity index is 554. The van der Waals surface area contributed by atoms with Crippen molar-refractivity contribution in [3.05, 3.63) is 41.1 Å². The SMILES string of the molecule is CC(C)CNCc1ncoc1-c1ccc(Cl)cc1F. The van der Waals surface area contributed by atoms with Gasteiger partial charge in [-0.15, -0.1) is 0 Å². The zero-order valence-corrected chi connectivity index (χ0v) is 11.7. The van der Waals surface area contributed by atoms with Crippen LogP contribution in [0.15, 0.2) is 29.0 Å². The molecule has 19 heavy (non-hydrogen) atoms. The van der Waals surface area contributed by atoms with Gasteiger partial charge in [0.2, 0.25) is 0 Å². The highest BCUT2D eigenvalue weighted by molar-refractivity contribution is 6.30. The summed E-state index contributed by atoms with van der Waals surface area (Å²) in [6.07, 6.45) is 1.33. The molecule has 0 aliphatic carbocycles. The van der Waals surface area contributed by atoms with E-state index < -0.39 is 5.82 Å². The molecule has 0 fully saturated rings. The van der Waals surface area contributed by atoms with E-state index in [2.05, 4.69) is 24.1 Å². The summed E-state index contributed by atoms with van der Waals surface area (Å²) in [6, 6.07) is 4.50. The van der Waals surface area contributed by atoms with Crippen molar-refractivity contribution >= 4 is 11.6 Å². The molecule has 0 saturated carbocycles. The van der Waals surface area contributed by atoms with Gasteiger partial charge in [0, 0.05) is 11.6 Å². The minimum absolute atomic E-state index is 0.361. The summed E-state index contributed by atoms with van der Waals surface area (Å²) >= 11 is 5.74. The van der Waals surface area contributed by atoms with E-state index in [1.807, 2.05) is 0 Å². The first-order chi connectivity index (χ1) is 9.08. The number of nitrogens with one attached hydrogen (secondary N) is 1. The Morgan fingerprint density at radius 3 is 2.89 bits per heavy atom. The highest BCUT2D eigenvalue weighted by atomic mass is 35.5. The lowest BCUT2D eigenvalue weighted by Gasteiger charge is -2.07. The first-order valence-electron chi connectivity index (χ1n) is 6.16. The molecule has 3 nitrogen and oxygen atoms in total. The minimum atomic E-state index is -0.408. The maximum absolute atomic E-state index is 13.9. The van der Waals surface area contributed by atoms with Crippen LogP contribution in [0.4, 0.5) is 4.39 Å². The van der Waals surface area contributed by atoms with Crippen LogP contribution in [-0.2, 0) is 6.54 Å². The predicted octanol–water partition coefficient (Wildman–Crippen LogP) is 3.88. The molecule has 0 amide bonds. The Kier molecular flexibility index (Phi) is 4.56. The average Bonchev–Trinajstić information content (AvgIpc) is 2.77. The predicted molar refractivity (Wildman–Crippen MR) is 73.5 cm³/mol. The molecular weight excluding hydrogens is 267 g/mol. The van der Waals surface area contributed by atoms with E-state index in [4.69, 9.17) is 16.0 Å². The number of hydrogen-bond donors (Lipinski definition) is 1. The molecule has 1 aromatic carbocycles. The number of halogens is 2. The van der Waals surface area contributed by atoms with Crippen LogP contribution in [0.3, 0.4) is 0 Å². The van der Waals surface area contributed by atoms with Crippen molar-refractivity contribution in [3.63, 3.8) is 0 Å². The first kappa shape index (κ1) is 14.0. The van der Waals surface area contributed by atoms with E-state index >= 15 is 0 Å². The lowest BCUT2D eigenvalue weighted by atomic mass is 10.1. The fraction of sp³-hybridized carbons (Fsp3) is 0.357. The summed E-state index contributed by atoms with van der Waals surface area (Å²) in [5.74, 6) is 0.586. The van der Waals surface area contributed by atoms with E-state index in [1.165, 1.54) is 12.5 Å². The van der Waals surface area contributed by atoms with Gasteiger partial charge in [-0.2, -0.15) is 0 Å². The Balaban J connectivity index is 2.19. The van der Waals surface area contributed by atoms with E-state index in [0.717, 1.165) is 6.54 Å². The second kappa shape index (κ2) is 6.17. The largest absolute Gasteiger partial charge is 0.443 e. The summed E-state index contributed by atoms with van der Waals surface area (Å²) in [6.45, 7) is 5.66. The second-order valence-corrected chi connectivity index (χ2v) is 5.21. The fourth-order valence-corrected chi connectivity index (χ4v) is 1.93. The number of nitrogens with zero attached hydrogens (tertiary/aromatic N) is 1. The number of rotatable bonds is 5. The highest BCUT2D eigenvalue weighted by Gasteiger charge is 2.15. The van der Waals surface area contributed by atoms with Crippen molar-refractivity contribution in [2.24, 2.45) is 5.92 Å². The van der Waals surface area contributed by atoms with Crippen molar-refractivity contribution < 1.29 is 8.81 Å². The number of hydrogen-bond acceptors (Lipinski definition) is 3. The van der Waals surface area contributed by atoms with E-state index in [-0.39, 0.29) is 0 Å². The maximum Gasteiger partial charge on any atom is 0.181 e. The molecule has 0 saturated heterocycles. The van der Waals surface area contributed by atoms with Crippen LogP contribution in [0, 0.1) is 11.7 Å². The van der Waals surface area contributed by atoms with Crippen molar-refractivity contribution in [2.45, 2.75) is 20.4 Å². The second-order valence-electron chi connectivity index (χ2n) is 4.78. The van der Waals surface area contributed by atoms with Crippen LogP contribution in [0.25, 0.3) is 11.3 Å². The number of aromatic nitrogens is 1. The van der Waals surface area contributed by atoms with Crippen LogP contribution in [-0.4, -0.2) is 11.5 Å². The third-order valence-electron chi connectivity index (χ3n) is 2.66. The molecule has 1 aromatic heterocycles. The summed E-state index contributed by atoms with van der Waals surface area (Å²) in [7, 11) is 0. The van der Waals surface area contributed by atoms with Crippen LogP contribution >= 0.6 is 11.6 Å². The van der Waals surface area contributed by atoms with Crippen LogP contribution in [0.2, 0.25) is 5.02 Å². The summed E-state index contributed by atoms with van der Waals surface area (Å²) in [4.78, 5) is 4.12. The third-order valence-corrected chi connectivity index (χ3v) is 2.90. The molecule has 0 aliphatic rings. The van der Waals surface area contributed by atoms with Gasteiger partial charge in [-0.25, -0.2) is 9.37 Å². The van der Waals surface area contributed by atoms with Gasteiger partial charge in [-0.3, -0.25) is 0 Å². The monoisotopic (exact) mass is 282 g/mol. The lowest BCUT2D eigenvalue weighted by molar-refractivity contribution is 0.542. The zero-order chi connectivity index (χ0) is 13.8. The summed E-state index contributed by atoms with van der Waals surface area (Å²) in [5, 5.41) is 3.62. The topological polar surface area (TPSA) is 38.1 Å². The molecular formula is C14H16ClFN2O. The van der Waals surface area contributed by atoms with Crippen molar-refractivity contribution in [2.75, 3.05) is 6.54 Å². The quantitative estimate of drug-likeness (QED) is 0.904. The smallest absolute Gasteiger partial charge is 0.181 e. The van der Waals surface area contributed by atoms with Crippen molar-refractivity contribution in [1.82, 2.24) is 10.3 Å². The van der Waals surface area contributed by atoms with Gasteiger partial charge in [-0.05, 0) is 30.7 Å². The van der Waals surface area contributed by atoms with E-state index in [0.29, 0.717) is 34.5 Å². The molecule has 2 rings (SSSR count). The Morgan fingerprint density at radius 1 is 1.42 bits per heavy atom. The van der Waals surface area contributed by atoms with Gasteiger partial charge in [0.05, 0.1) is 5.56 Å². The van der Waals surface area contributed by atoms with Gasteiger partial charge >= 0.3 is 0 Å².